The van der Waals surface area contributed by atoms with Crippen molar-refractivity contribution in [1.82, 2.24) is 0 Å². The molecule has 0 saturated carbocycles. The van der Waals surface area contributed by atoms with Gasteiger partial charge in [0.1, 0.15) is 0 Å². The van der Waals surface area contributed by atoms with Crippen molar-refractivity contribution >= 4 is 21.6 Å². The molecule has 0 atom stereocenters. The van der Waals surface area contributed by atoms with Crippen LogP contribution in [0.25, 0.3) is 0 Å². The summed E-state index contributed by atoms with van der Waals surface area (Å²) in [5.74, 6) is 0. The molecule has 0 unspecified atom stereocenters. The third-order valence-corrected chi connectivity index (χ3v) is 2.83. The first-order valence-corrected chi connectivity index (χ1v) is 4.99. The average molecular weight is 228 g/mol. The SMILES string of the molecule is CCCc1c(Br)ccc(N)c1C. The van der Waals surface area contributed by atoms with Crippen LogP contribution < -0.4 is 5.73 Å². The lowest BCUT2D eigenvalue weighted by atomic mass is 10.0. The number of halogens is 1. The van der Waals surface area contributed by atoms with E-state index in [1.807, 2.05) is 12.1 Å². The molecule has 66 valence electrons. The van der Waals surface area contributed by atoms with Crippen LogP contribution in [0.15, 0.2) is 16.6 Å². The van der Waals surface area contributed by atoms with Crippen molar-refractivity contribution in [1.29, 1.82) is 0 Å². The molecule has 1 nitrogen and oxygen atoms in total. The first kappa shape index (κ1) is 9.59. The summed E-state index contributed by atoms with van der Waals surface area (Å²) in [6.07, 6.45) is 2.25. The normalized spacial score (nSPS) is 10.2. The maximum Gasteiger partial charge on any atom is 0.0347 e. The molecule has 2 N–H and O–H groups in total. The number of anilines is 1. The van der Waals surface area contributed by atoms with Crippen LogP contribution in [0.3, 0.4) is 0 Å². The highest BCUT2D eigenvalue weighted by Gasteiger charge is 2.04. The number of nitrogens with two attached hydrogens (primary N) is 1. The molecular formula is C10H14BrN. The van der Waals surface area contributed by atoms with E-state index in [9.17, 15) is 0 Å². The standard InChI is InChI=1S/C10H14BrN/c1-3-4-8-7(2)10(12)6-5-9(8)11/h5-6H,3-4,12H2,1-2H3. The van der Waals surface area contributed by atoms with Gasteiger partial charge in [-0.15, -0.1) is 0 Å². The van der Waals surface area contributed by atoms with E-state index >= 15 is 0 Å². The van der Waals surface area contributed by atoms with Gasteiger partial charge >= 0.3 is 0 Å². The first-order chi connectivity index (χ1) is 5.66. The lowest BCUT2D eigenvalue weighted by molar-refractivity contribution is 0.908. The van der Waals surface area contributed by atoms with Crippen molar-refractivity contribution in [3.63, 3.8) is 0 Å². The van der Waals surface area contributed by atoms with Gasteiger partial charge in [0.25, 0.3) is 0 Å². The molecule has 1 aromatic carbocycles. The van der Waals surface area contributed by atoms with Crippen molar-refractivity contribution in [3.05, 3.63) is 27.7 Å². The molecule has 0 aliphatic carbocycles. The summed E-state index contributed by atoms with van der Waals surface area (Å²) in [6.45, 7) is 4.25. The van der Waals surface area contributed by atoms with E-state index in [0.717, 1.165) is 18.5 Å². The van der Waals surface area contributed by atoms with Gasteiger partial charge in [0.2, 0.25) is 0 Å². The molecule has 0 heterocycles. The summed E-state index contributed by atoms with van der Waals surface area (Å²) in [7, 11) is 0. The van der Waals surface area contributed by atoms with Crippen LogP contribution in [0.4, 0.5) is 5.69 Å². The first-order valence-electron chi connectivity index (χ1n) is 4.20. The van der Waals surface area contributed by atoms with Crippen molar-refractivity contribution in [2.45, 2.75) is 26.7 Å². The Bertz CT molecular complexity index is 281. The fraction of sp³-hybridized carbons (Fsp3) is 0.400. The summed E-state index contributed by atoms with van der Waals surface area (Å²) in [5, 5.41) is 0. The van der Waals surface area contributed by atoms with Gasteiger partial charge in [0, 0.05) is 10.2 Å². The monoisotopic (exact) mass is 227 g/mol. The van der Waals surface area contributed by atoms with Crippen molar-refractivity contribution in [3.8, 4) is 0 Å². The van der Waals surface area contributed by atoms with Crippen LogP contribution >= 0.6 is 15.9 Å². The predicted octanol–water partition coefficient (Wildman–Crippen LogP) is 3.29. The van der Waals surface area contributed by atoms with Gasteiger partial charge in [0.05, 0.1) is 0 Å². The summed E-state index contributed by atoms with van der Waals surface area (Å²) < 4.78 is 1.18. The second-order valence-corrected chi connectivity index (χ2v) is 3.84. The van der Waals surface area contributed by atoms with Gasteiger partial charge in [-0.05, 0) is 36.6 Å². The predicted molar refractivity (Wildman–Crippen MR) is 57.3 cm³/mol. The van der Waals surface area contributed by atoms with E-state index < -0.39 is 0 Å². The van der Waals surface area contributed by atoms with Gasteiger partial charge in [-0.25, -0.2) is 0 Å². The Kier molecular flexibility index (Phi) is 3.15. The molecule has 0 aliphatic rings. The molecule has 1 aromatic rings. The molecule has 0 aromatic heterocycles. The Morgan fingerprint density at radius 3 is 2.67 bits per heavy atom. The highest BCUT2D eigenvalue weighted by Crippen LogP contribution is 2.25. The zero-order chi connectivity index (χ0) is 9.14. The quantitative estimate of drug-likeness (QED) is 0.772. The highest BCUT2D eigenvalue weighted by molar-refractivity contribution is 9.10. The van der Waals surface area contributed by atoms with Crippen molar-refractivity contribution in [2.24, 2.45) is 0 Å². The van der Waals surface area contributed by atoms with Crippen molar-refractivity contribution in [2.75, 3.05) is 5.73 Å². The topological polar surface area (TPSA) is 26.0 Å². The number of hydrogen-bond acceptors (Lipinski definition) is 1. The van der Waals surface area contributed by atoms with Crippen LogP contribution in [0, 0.1) is 6.92 Å². The highest BCUT2D eigenvalue weighted by atomic mass is 79.9. The summed E-state index contributed by atoms with van der Waals surface area (Å²) >= 11 is 3.53. The fourth-order valence-electron chi connectivity index (χ4n) is 1.30. The zero-order valence-electron chi connectivity index (χ0n) is 7.52. The molecule has 0 saturated heterocycles. The minimum Gasteiger partial charge on any atom is -0.399 e. The van der Waals surface area contributed by atoms with E-state index in [0.29, 0.717) is 0 Å². The second kappa shape index (κ2) is 3.94. The Balaban J connectivity index is 3.14. The van der Waals surface area contributed by atoms with Crippen LogP contribution in [-0.2, 0) is 6.42 Å². The van der Waals surface area contributed by atoms with E-state index in [1.54, 1.807) is 0 Å². The second-order valence-electron chi connectivity index (χ2n) is 2.99. The maximum atomic E-state index is 5.80. The van der Waals surface area contributed by atoms with Gasteiger partial charge in [0.15, 0.2) is 0 Å². The molecule has 12 heavy (non-hydrogen) atoms. The Hall–Kier alpha value is -0.500. The molecule has 2 heteroatoms. The number of nitrogen functional groups attached to an aromatic ring is 1. The van der Waals surface area contributed by atoms with Crippen LogP contribution in [0.1, 0.15) is 24.5 Å². The van der Waals surface area contributed by atoms with Gasteiger partial charge in [-0.2, -0.15) is 0 Å². The Morgan fingerprint density at radius 2 is 2.08 bits per heavy atom. The fourth-order valence-corrected chi connectivity index (χ4v) is 1.93. The maximum absolute atomic E-state index is 5.80. The Labute approximate surface area is 82.1 Å². The molecule has 0 aliphatic heterocycles. The number of benzene rings is 1. The number of rotatable bonds is 2. The van der Waals surface area contributed by atoms with E-state index in [1.165, 1.54) is 15.6 Å². The molecule has 0 radical (unpaired) electrons. The van der Waals surface area contributed by atoms with E-state index in [4.69, 9.17) is 5.73 Å². The van der Waals surface area contributed by atoms with Crippen LogP contribution in [0.2, 0.25) is 0 Å². The average Bonchev–Trinajstić information content (AvgIpc) is 2.06. The van der Waals surface area contributed by atoms with Gasteiger partial charge in [-0.1, -0.05) is 29.3 Å². The largest absolute Gasteiger partial charge is 0.399 e. The molecular weight excluding hydrogens is 214 g/mol. The summed E-state index contributed by atoms with van der Waals surface area (Å²) in [4.78, 5) is 0. The third kappa shape index (κ3) is 1.81. The third-order valence-electron chi connectivity index (χ3n) is 2.08. The summed E-state index contributed by atoms with van der Waals surface area (Å²) in [6, 6.07) is 3.96. The molecule has 0 spiro atoms. The van der Waals surface area contributed by atoms with E-state index in [2.05, 4.69) is 29.8 Å². The Morgan fingerprint density at radius 1 is 1.42 bits per heavy atom. The van der Waals surface area contributed by atoms with Gasteiger partial charge < -0.3 is 5.73 Å². The molecule has 0 fully saturated rings. The summed E-state index contributed by atoms with van der Waals surface area (Å²) in [5.41, 5.74) is 9.25. The lowest BCUT2D eigenvalue weighted by Gasteiger charge is -2.09. The lowest BCUT2D eigenvalue weighted by Crippen LogP contribution is -1.96. The minimum absolute atomic E-state index is 0.890. The minimum atomic E-state index is 0.890. The zero-order valence-corrected chi connectivity index (χ0v) is 9.11. The van der Waals surface area contributed by atoms with Crippen molar-refractivity contribution < 1.29 is 0 Å². The van der Waals surface area contributed by atoms with Gasteiger partial charge in [-0.3, -0.25) is 0 Å². The van der Waals surface area contributed by atoms with Crippen LogP contribution in [-0.4, -0.2) is 0 Å². The van der Waals surface area contributed by atoms with Crippen LogP contribution in [0.5, 0.6) is 0 Å². The number of hydrogen-bond donors (Lipinski definition) is 1. The smallest absolute Gasteiger partial charge is 0.0347 e. The molecule has 0 bridgehead atoms. The molecule has 0 amide bonds. The molecule has 1 rings (SSSR count). The van der Waals surface area contributed by atoms with E-state index in [-0.39, 0.29) is 0 Å².